The number of nitrogens with two attached hydrogens (primary N) is 1. The average molecular weight is 296 g/mol. The largest absolute Gasteiger partial charge is 0.327 e. The lowest BCUT2D eigenvalue weighted by Gasteiger charge is -2.27. The topological polar surface area (TPSA) is 83.8 Å². The number of amides is 1. The summed E-state index contributed by atoms with van der Waals surface area (Å²) >= 11 is 0. The number of aromatic amines is 1. The summed E-state index contributed by atoms with van der Waals surface area (Å²) in [5.74, 6) is 1.05. The monoisotopic (exact) mass is 296 g/mol. The summed E-state index contributed by atoms with van der Waals surface area (Å²) < 4.78 is 0. The van der Waals surface area contributed by atoms with Crippen molar-refractivity contribution in [3.8, 4) is 11.3 Å². The molecule has 1 amide bonds. The fourth-order valence-corrected chi connectivity index (χ4v) is 4.13. The zero-order valence-corrected chi connectivity index (χ0v) is 12.3. The normalized spacial score (nSPS) is 29.7. The number of fused-ring (bicyclic) bond motifs is 2. The zero-order chi connectivity index (χ0) is 15.1. The summed E-state index contributed by atoms with van der Waals surface area (Å²) in [5.41, 5.74) is 9.01. The van der Waals surface area contributed by atoms with Gasteiger partial charge in [0.05, 0.1) is 11.6 Å². The van der Waals surface area contributed by atoms with Gasteiger partial charge in [0.1, 0.15) is 0 Å². The van der Waals surface area contributed by atoms with Gasteiger partial charge in [-0.05, 0) is 49.3 Å². The van der Waals surface area contributed by atoms with Crippen molar-refractivity contribution in [1.29, 1.82) is 0 Å². The van der Waals surface area contributed by atoms with Crippen LogP contribution in [0.15, 0.2) is 36.5 Å². The van der Waals surface area contributed by atoms with Gasteiger partial charge in [-0.15, -0.1) is 0 Å². The number of hydrogen-bond donors (Lipinski definition) is 3. The molecule has 5 nitrogen and oxygen atoms in total. The van der Waals surface area contributed by atoms with Crippen molar-refractivity contribution in [3.63, 3.8) is 0 Å². The van der Waals surface area contributed by atoms with Gasteiger partial charge < -0.3 is 11.1 Å². The molecule has 5 heteroatoms. The summed E-state index contributed by atoms with van der Waals surface area (Å²) in [6.07, 6.45) is 5.16. The van der Waals surface area contributed by atoms with E-state index in [-0.39, 0.29) is 17.9 Å². The Bertz CT molecular complexity index is 680. The van der Waals surface area contributed by atoms with Crippen molar-refractivity contribution in [1.82, 2.24) is 10.2 Å². The molecule has 0 spiro atoms. The van der Waals surface area contributed by atoms with Crippen LogP contribution in [0.25, 0.3) is 11.3 Å². The quantitative estimate of drug-likeness (QED) is 0.813. The molecule has 2 bridgehead atoms. The SMILES string of the molecule is NC1C2CCC(C2)C1C(=O)Nc1cccc(-c2ccn[nH]2)c1. The molecule has 2 aliphatic carbocycles. The summed E-state index contributed by atoms with van der Waals surface area (Å²) in [4.78, 5) is 12.6. The molecule has 114 valence electrons. The van der Waals surface area contributed by atoms with E-state index in [1.165, 1.54) is 6.42 Å². The van der Waals surface area contributed by atoms with Gasteiger partial charge in [-0.3, -0.25) is 9.89 Å². The van der Waals surface area contributed by atoms with Gasteiger partial charge in [0.2, 0.25) is 5.91 Å². The minimum atomic E-state index is -0.0328. The third-order valence-electron chi connectivity index (χ3n) is 5.23. The maximum atomic E-state index is 12.6. The van der Waals surface area contributed by atoms with E-state index in [9.17, 15) is 4.79 Å². The molecule has 4 N–H and O–H groups in total. The fourth-order valence-electron chi connectivity index (χ4n) is 4.13. The first-order chi connectivity index (χ1) is 10.7. The number of anilines is 1. The van der Waals surface area contributed by atoms with Crippen molar-refractivity contribution in [2.45, 2.75) is 25.3 Å². The van der Waals surface area contributed by atoms with E-state index in [0.29, 0.717) is 11.8 Å². The van der Waals surface area contributed by atoms with E-state index in [2.05, 4.69) is 15.5 Å². The van der Waals surface area contributed by atoms with Gasteiger partial charge >= 0.3 is 0 Å². The molecule has 0 saturated heterocycles. The molecular weight excluding hydrogens is 276 g/mol. The van der Waals surface area contributed by atoms with E-state index in [4.69, 9.17) is 5.73 Å². The molecule has 2 fully saturated rings. The summed E-state index contributed by atoms with van der Waals surface area (Å²) in [6.45, 7) is 0. The highest BCUT2D eigenvalue weighted by Crippen LogP contribution is 2.47. The van der Waals surface area contributed by atoms with Crippen LogP contribution >= 0.6 is 0 Å². The third-order valence-corrected chi connectivity index (χ3v) is 5.23. The van der Waals surface area contributed by atoms with E-state index >= 15 is 0 Å². The zero-order valence-electron chi connectivity index (χ0n) is 12.3. The van der Waals surface area contributed by atoms with E-state index in [0.717, 1.165) is 29.8 Å². The maximum absolute atomic E-state index is 12.6. The summed E-state index contributed by atoms with van der Waals surface area (Å²) in [6, 6.07) is 9.74. The Hall–Kier alpha value is -2.14. The molecule has 2 saturated carbocycles. The lowest BCUT2D eigenvalue weighted by molar-refractivity contribution is -0.121. The number of carbonyl (C=O) groups is 1. The Kier molecular flexibility index (Phi) is 3.22. The van der Waals surface area contributed by atoms with E-state index in [1.54, 1.807) is 6.20 Å². The van der Waals surface area contributed by atoms with Crippen LogP contribution in [0.3, 0.4) is 0 Å². The Morgan fingerprint density at radius 1 is 1.27 bits per heavy atom. The Labute approximate surface area is 129 Å². The highest BCUT2D eigenvalue weighted by molar-refractivity contribution is 5.94. The first kappa shape index (κ1) is 13.5. The van der Waals surface area contributed by atoms with Crippen molar-refractivity contribution >= 4 is 11.6 Å². The predicted octanol–water partition coefficient (Wildman–Crippen LogP) is 2.39. The second-order valence-corrected chi connectivity index (χ2v) is 6.48. The van der Waals surface area contributed by atoms with Gasteiger partial charge in [0.15, 0.2) is 0 Å². The number of nitrogens with zero attached hydrogens (tertiary/aromatic N) is 1. The number of nitrogens with one attached hydrogen (secondary N) is 2. The van der Waals surface area contributed by atoms with Crippen LogP contribution in [0.4, 0.5) is 5.69 Å². The molecule has 22 heavy (non-hydrogen) atoms. The first-order valence-electron chi connectivity index (χ1n) is 7.88. The number of hydrogen-bond acceptors (Lipinski definition) is 3. The van der Waals surface area contributed by atoms with Gasteiger partial charge in [0.25, 0.3) is 0 Å². The molecule has 0 radical (unpaired) electrons. The van der Waals surface area contributed by atoms with Gasteiger partial charge in [-0.25, -0.2) is 0 Å². The molecule has 2 aromatic rings. The summed E-state index contributed by atoms with van der Waals surface area (Å²) in [5, 5.41) is 9.94. The average Bonchev–Trinajstić information content (AvgIpc) is 3.24. The van der Waals surface area contributed by atoms with E-state index < -0.39 is 0 Å². The maximum Gasteiger partial charge on any atom is 0.229 e. The van der Waals surface area contributed by atoms with Crippen LogP contribution in [0.1, 0.15) is 19.3 Å². The Morgan fingerprint density at radius 3 is 2.86 bits per heavy atom. The lowest BCUT2D eigenvalue weighted by atomic mass is 9.84. The van der Waals surface area contributed by atoms with Crippen LogP contribution in [-0.2, 0) is 4.79 Å². The molecular formula is C17H20N4O. The number of carbonyl (C=O) groups excluding carboxylic acids is 1. The molecule has 1 heterocycles. The molecule has 4 rings (SSSR count). The Morgan fingerprint density at radius 2 is 2.14 bits per heavy atom. The van der Waals surface area contributed by atoms with Crippen LogP contribution in [0, 0.1) is 17.8 Å². The van der Waals surface area contributed by atoms with Crippen LogP contribution in [0.5, 0.6) is 0 Å². The second kappa shape index (κ2) is 5.25. The lowest BCUT2D eigenvalue weighted by Crippen LogP contribution is -2.42. The van der Waals surface area contributed by atoms with Crippen LogP contribution in [0.2, 0.25) is 0 Å². The molecule has 4 atom stereocenters. The Balaban J connectivity index is 1.52. The van der Waals surface area contributed by atoms with Crippen LogP contribution < -0.4 is 11.1 Å². The minimum Gasteiger partial charge on any atom is -0.327 e. The fraction of sp³-hybridized carbons (Fsp3) is 0.412. The van der Waals surface area contributed by atoms with Gasteiger partial charge in [-0.1, -0.05) is 12.1 Å². The van der Waals surface area contributed by atoms with Crippen molar-refractivity contribution in [2.75, 3.05) is 5.32 Å². The highest BCUT2D eigenvalue weighted by atomic mass is 16.2. The summed E-state index contributed by atoms with van der Waals surface area (Å²) in [7, 11) is 0. The first-order valence-corrected chi connectivity index (χ1v) is 7.88. The molecule has 4 unspecified atom stereocenters. The number of H-pyrrole nitrogens is 1. The smallest absolute Gasteiger partial charge is 0.229 e. The van der Waals surface area contributed by atoms with Crippen LogP contribution in [-0.4, -0.2) is 22.1 Å². The minimum absolute atomic E-state index is 0.0227. The number of rotatable bonds is 3. The molecule has 1 aromatic carbocycles. The van der Waals surface area contributed by atoms with Gasteiger partial charge in [-0.2, -0.15) is 5.10 Å². The number of benzene rings is 1. The van der Waals surface area contributed by atoms with Gasteiger partial charge in [0, 0.05) is 23.5 Å². The van der Waals surface area contributed by atoms with Crippen molar-refractivity contribution < 1.29 is 4.79 Å². The number of aromatic nitrogens is 2. The highest BCUT2D eigenvalue weighted by Gasteiger charge is 2.49. The van der Waals surface area contributed by atoms with Crippen molar-refractivity contribution in [3.05, 3.63) is 36.5 Å². The van der Waals surface area contributed by atoms with E-state index in [1.807, 2.05) is 30.3 Å². The standard InChI is InChI=1S/C17H20N4O/c18-16-12-5-4-11(8-12)15(16)17(22)20-13-3-1-2-10(9-13)14-6-7-19-21-14/h1-3,6-7,9,11-12,15-16H,4-5,8,18H2,(H,19,21)(H,20,22). The van der Waals surface area contributed by atoms with Crippen molar-refractivity contribution in [2.24, 2.45) is 23.5 Å². The molecule has 0 aliphatic heterocycles. The molecule has 1 aromatic heterocycles. The molecule has 2 aliphatic rings. The third kappa shape index (κ3) is 2.22. The predicted molar refractivity (Wildman–Crippen MR) is 84.9 cm³/mol. The second-order valence-electron chi connectivity index (χ2n) is 6.48.